The molecule has 2 aromatic carbocycles. The highest BCUT2D eigenvalue weighted by Gasteiger charge is 2.31. The van der Waals surface area contributed by atoms with Gasteiger partial charge in [0, 0.05) is 47.9 Å². The summed E-state index contributed by atoms with van der Waals surface area (Å²) in [6.07, 6.45) is -0.569. The van der Waals surface area contributed by atoms with Crippen molar-refractivity contribution in [3.63, 3.8) is 0 Å². The predicted molar refractivity (Wildman–Crippen MR) is 134 cm³/mol. The summed E-state index contributed by atoms with van der Waals surface area (Å²) in [5.74, 6) is -1.48. The van der Waals surface area contributed by atoms with E-state index in [0.717, 1.165) is 60.7 Å². The summed E-state index contributed by atoms with van der Waals surface area (Å²) in [5.41, 5.74) is 1.98. The summed E-state index contributed by atoms with van der Waals surface area (Å²) in [6, 6.07) is 8.51. The maximum Gasteiger partial charge on any atom is 0.573 e. The van der Waals surface area contributed by atoms with Gasteiger partial charge in [0.05, 0.1) is 11.2 Å². The normalized spacial score (nSPS) is 15.1. The zero-order chi connectivity index (χ0) is 26.7. The molecule has 0 saturated carbocycles. The lowest BCUT2D eigenvalue weighted by molar-refractivity contribution is -0.274. The molecule has 7 nitrogen and oxygen atoms in total. The number of anilines is 2. The van der Waals surface area contributed by atoms with Crippen LogP contribution in [0.4, 0.5) is 29.2 Å². The van der Waals surface area contributed by atoms with E-state index in [1.807, 2.05) is 6.92 Å². The van der Waals surface area contributed by atoms with Crippen molar-refractivity contribution in [1.82, 2.24) is 14.9 Å². The highest BCUT2D eigenvalue weighted by molar-refractivity contribution is 6.03. The molecule has 1 amide bonds. The second kappa shape index (κ2) is 10.7. The van der Waals surface area contributed by atoms with Crippen LogP contribution in [-0.4, -0.2) is 60.4 Å². The van der Waals surface area contributed by atoms with Crippen LogP contribution in [0, 0.1) is 12.7 Å². The third-order valence-electron chi connectivity index (χ3n) is 6.24. The number of ether oxygens (including phenoxy) is 1. The van der Waals surface area contributed by atoms with Crippen LogP contribution in [0.1, 0.15) is 24.1 Å². The van der Waals surface area contributed by atoms with Crippen LogP contribution >= 0.6 is 0 Å². The fourth-order valence-electron chi connectivity index (χ4n) is 4.26. The second-order valence-electron chi connectivity index (χ2n) is 9.08. The Morgan fingerprint density at radius 3 is 2.51 bits per heavy atom. The number of fused-ring (bicyclic) bond motifs is 1. The average Bonchev–Trinajstić information content (AvgIpc) is 2.83. The number of nitrogens with zero attached hydrogens (tertiary/aromatic N) is 4. The van der Waals surface area contributed by atoms with Gasteiger partial charge >= 0.3 is 6.36 Å². The maximum absolute atomic E-state index is 14.1. The zero-order valence-electron chi connectivity index (χ0n) is 20.6. The monoisotopic (exact) mass is 517 g/mol. The van der Waals surface area contributed by atoms with Crippen molar-refractivity contribution in [3.05, 3.63) is 59.5 Å². The van der Waals surface area contributed by atoms with Crippen LogP contribution in [0.15, 0.2) is 42.5 Å². The number of halogens is 4. The number of carbonyl (C=O) groups excluding carboxylic acids is 1. The topological polar surface area (TPSA) is 70.6 Å². The maximum atomic E-state index is 14.1. The minimum atomic E-state index is -4.92. The summed E-state index contributed by atoms with van der Waals surface area (Å²) in [6.45, 7) is 3.65. The average molecular weight is 518 g/mol. The van der Waals surface area contributed by atoms with Gasteiger partial charge in [-0.25, -0.2) is 14.4 Å². The molecule has 0 spiro atoms. The quantitative estimate of drug-likeness (QED) is 0.360. The molecule has 1 fully saturated rings. The van der Waals surface area contributed by atoms with Gasteiger partial charge in [0.15, 0.2) is 0 Å². The molecule has 196 valence electrons. The fourth-order valence-corrected chi connectivity index (χ4v) is 4.26. The Morgan fingerprint density at radius 1 is 1.14 bits per heavy atom. The van der Waals surface area contributed by atoms with Gasteiger partial charge in [-0.1, -0.05) is 0 Å². The Bertz CT molecular complexity index is 1320. The number of rotatable bonds is 6. The fraction of sp³-hybridized carbons (Fsp3) is 0.346. The number of hydrogen-bond donors (Lipinski definition) is 1. The van der Waals surface area contributed by atoms with Crippen LogP contribution in [0.3, 0.4) is 0 Å². The Balaban J connectivity index is 1.43. The summed E-state index contributed by atoms with van der Waals surface area (Å²) in [5, 5.41) is 3.49. The smallest absolute Gasteiger partial charge is 0.406 e. The van der Waals surface area contributed by atoms with E-state index >= 15 is 0 Å². The van der Waals surface area contributed by atoms with Crippen molar-refractivity contribution in [3.8, 4) is 5.75 Å². The number of alkyl halides is 3. The first kappa shape index (κ1) is 26.3. The summed E-state index contributed by atoms with van der Waals surface area (Å²) >= 11 is 0. The Morgan fingerprint density at radius 2 is 1.86 bits per heavy atom. The number of amides is 1. The number of benzene rings is 2. The largest absolute Gasteiger partial charge is 0.573 e. The van der Waals surface area contributed by atoms with Crippen molar-refractivity contribution in [2.75, 3.05) is 37.4 Å². The van der Waals surface area contributed by atoms with Crippen molar-refractivity contribution in [1.29, 1.82) is 0 Å². The van der Waals surface area contributed by atoms with E-state index in [-0.39, 0.29) is 5.56 Å². The minimum absolute atomic E-state index is 0.0606. The number of nitrogens with one attached hydrogen (secondary N) is 1. The first-order valence-electron chi connectivity index (χ1n) is 11.7. The van der Waals surface area contributed by atoms with Gasteiger partial charge in [0.2, 0.25) is 11.9 Å². The SMILES string of the molecule is Cc1nc(N2CCC(N(C)C)CC2)nc2ccc(NC(=O)/C=C/c3ccc(OC(F)(F)F)cc3F)cc12. The lowest BCUT2D eigenvalue weighted by atomic mass is 10.0. The van der Waals surface area contributed by atoms with Crippen molar-refractivity contribution in [2.24, 2.45) is 0 Å². The molecule has 4 rings (SSSR count). The van der Waals surface area contributed by atoms with E-state index in [4.69, 9.17) is 4.98 Å². The molecular weight excluding hydrogens is 490 g/mol. The third-order valence-corrected chi connectivity index (χ3v) is 6.24. The Kier molecular flexibility index (Phi) is 7.63. The van der Waals surface area contributed by atoms with E-state index in [0.29, 0.717) is 23.7 Å². The van der Waals surface area contributed by atoms with Crippen molar-refractivity contribution < 1.29 is 27.1 Å². The molecule has 37 heavy (non-hydrogen) atoms. The van der Waals surface area contributed by atoms with Gasteiger partial charge in [0.1, 0.15) is 11.6 Å². The molecule has 0 unspecified atom stereocenters. The number of aromatic nitrogens is 2. The molecule has 1 aliphatic heterocycles. The molecule has 1 aromatic heterocycles. The summed E-state index contributed by atoms with van der Waals surface area (Å²) in [7, 11) is 4.19. The Labute approximate surface area is 211 Å². The van der Waals surface area contributed by atoms with Gasteiger partial charge in [-0.2, -0.15) is 0 Å². The molecule has 0 radical (unpaired) electrons. The molecule has 2 heterocycles. The van der Waals surface area contributed by atoms with E-state index in [1.54, 1.807) is 18.2 Å². The van der Waals surface area contributed by atoms with Crippen LogP contribution in [0.2, 0.25) is 0 Å². The van der Waals surface area contributed by atoms with E-state index < -0.39 is 23.8 Å². The number of hydrogen-bond acceptors (Lipinski definition) is 6. The molecule has 1 aliphatic rings. The van der Waals surface area contributed by atoms with Crippen LogP contribution in [0.25, 0.3) is 17.0 Å². The van der Waals surface area contributed by atoms with Crippen molar-refractivity contribution in [2.45, 2.75) is 32.2 Å². The van der Waals surface area contributed by atoms with Crippen LogP contribution in [0.5, 0.6) is 5.75 Å². The van der Waals surface area contributed by atoms with Gasteiger partial charge in [-0.15, -0.1) is 13.2 Å². The molecule has 0 atom stereocenters. The number of piperidine rings is 1. The lowest BCUT2D eigenvalue weighted by Crippen LogP contribution is -2.42. The molecule has 0 aliphatic carbocycles. The number of aryl methyl sites for hydroxylation is 1. The zero-order valence-corrected chi connectivity index (χ0v) is 20.6. The minimum Gasteiger partial charge on any atom is -0.406 e. The first-order valence-corrected chi connectivity index (χ1v) is 11.7. The van der Waals surface area contributed by atoms with Crippen molar-refractivity contribution >= 4 is 34.5 Å². The van der Waals surface area contributed by atoms with E-state index in [9.17, 15) is 22.4 Å². The third kappa shape index (κ3) is 6.73. The van der Waals surface area contributed by atoms with E-state index in [1.165, 1.54) is 6.08 Å². The van der Waals surface area contributed by atoms with Crippen LogP contribution < -0.4 is 15.0 Å². The second-order valence-corrected chi connectivity index (χ2v) is 9.08. The molecule has 1 N–H and O–H groups in total. The standard InChI is InChI=1S/C26H27F4N5O2/c1-16-21-14-18(6-8-23(21)33-25(31-16)35-12-10-19(11-13-35)34(2)3)32-24(36)9-5-17-4-7-20(15-22(17)27)37-26(28,29)30/h4-9,14-15,19H,10-13H2,1-3H3,(H,32,36)/b9-5+. The lowest BCUT2D eigenvalue weighted by Gasteiger charge is -2.35. The molecule has 1 saturated heterocycles. The molecular formula is C26H27F4N5O2. The Hall–Kier alpha value is -3.73. The van der Waals surface area contributed by atoms with Gasteiger partial charge in [0.25, 0.3) is 0 Å². The molecule has 0 bridgehead atoms. The predicted octanol–water partition coefficient (Wildman–Crippen LogP) is 5.16. The first-order chi connectivity index (χ1) is 17.5. The summed E-state index contributed by atoms with van der Waals surface area (Å²) < 4.78 is 54.6. The molecule has 11 heteroatoms. The summed E-state index contributed by atoms with van der Waals surface area (Å²) in [4.78, 5) is 26.2. The van der Waals surface area contributed by atoms with Gasteiger partial charge in [-0.3, -0.25) is 4.79 Å². The van der Waals surface area contributed by atoms with Gasteiger partial charge in [-0.05, 0) is 70.3 Å². The van der Waals surface area contributed by atoms with E-state index in [2.05, 4.69) is 38.9 Å². The van der Waals surface area contributed by atoms with Crippen LogP contribution in [-0.2, 0) is 4.79 Å². The van der Waals surface area contributed by atoms with Gasteiger partial charge < -0.3 is 19.9 Å². The highest BCUT2D eigenvalue weighted by atomic mass is 19.4. The highest BCUT2D eigenvalue weighted by Crippen LogP contribution is 2.26. The molecule has 3 aromatic rings. The number of carbonyl (C=O) groups is 1.